The van der Waals surface area contributed by atoms with Gasteiger partial charge in [0.25, 0.3) is 10.0 Å². The summed E-state index contributed by atoms with van der Waals surface area (Å²) in [5, 5.41) is 3.50. The molecule has 0 spiro atoms. The zero-order valence-corrected chi connectivity index (χ0v) is 28.8. The molecule has 2 amide bonds. The van der Waals surface area contributed by atoms with E-state index >= 15 is 0 Å². The third-order valence-corrected chi connectivity index (χ3v) is 10.8. The van der Waals surface area contributed by atoms with E-state index < -0.39 is 34.3 Å². The first-order valence-corrected chi connectivity index (χ1v) is 18.1. The highest BCUT2D eigenvalue weighted by Gasteiger charge is 2.36. The van der Waals surface area contributed by atoms with Gasteiger partial charge in [-0.15, -0.1) is 0 Å². The van der Waals surface area contributed by atoms with Crippen molar-refractivity contribution in [1.29, 1.82) is 0 Å². The van der Waals surface area contributed by atoms with Crippen molar-refractivity contribution < 1.29 is 22.4 Å². The van der Waals surface area contributed by atoms with Gasteiger partial charge < -0.3 is 10.2 Å². The normalized spacial score (nSPS) is 14.2. The standard InChI is InChI=1S/C38H41ClFN3O4S/c1-27-13-21-34(22-14-27)48(46,47)43(35-24-31(39)18-15-28(35)2)26-37(44)42(25-30-16-19-32(40)20-17-30)36(23-29-9-5-3-6-10-29)38(45)41-33-11-7-4-8-12-33/h3,5-6,9-10,13-22,24,33,36H,4,7-8,11-12,23,25-26H2,1-2H3,(H,41,45)/t36-/m1/s1. The quantitative estimate of drug-likeness (QED) is 0.168. The summed E-state index contributed by atoms with van der Waals surface area (Å²) in [7, 11) is -4.27. The van der Waals surface area contributed by atoms with Gasteiger partial charge in [0, 0.05) is 24.0 Å². The maximum atomic E-state index is 14.7. The summed E-state index contributed by atoms with van der Waals surface area (Å²) in [6.07, 6.45) is 5.05. The summed E-state index contributed by atoms with van der Waals surface area (Å²) in [4.78, 5) is 30.3. The minimum Gasteiger partial charge on any atom is -0.352 e. The van der Waals surface area contributed by atoms with Gasteiger partial charge in [-0.3, -0.25) is 13.9 Å². The Balaban J connectivity index is 1.58. The molecular weight excluding hydrogens is 649 g/mol. The van der Waals surface area contributed by atoms with Gasteiger partial charge in [0.05, 0.1) is 10.6 Å². The number of carbonyl (C=O) groups is 2. The van der Waals surface area contributed by atoms with E-state index in [-0.39, 0.29) is 35.5 Å². The molecule has 7 nitrogen and oxygen atoms in total. The molecule has 4 aromatic carbocycles. The molecule has 0 saturated heterocycles. The molecule has 1 N–H and O–H groups in total. The molecule has 48 heavy (non-hydrogen) atoms. The van der Waals surface area contributed by atoms with Crippen molar-refractivity contribution in [2.24, 2.45) is 0 Å². The largest absolute Gasteiger partial charge is 0.352 e. The summed E-state index contributed by atoms with van der Waals surface area (Å²) in [5.74, 6) is -1.33. The fraction of sp³-hybridized carbons (Fsp3) is 0.316. The number of benzene rings is 4. The molecule has 0 bridgehead atoms. The van der Waals surface area contributed by atoms with E-state index in [0.29, 0.717) is 16.1 Å². The molecule has 4 aromatic rings. The minimum atomic E-state index is -4.27. The Bertz CT molecular complexity index is 1810. The van der Waals surface area contributed by atoms with Gasteiger partial charge in [0.2, 0.25) is 11.8 Å². The highest BCUT2D eigenvalue weighted by molar-refractivity contribution is 7.92. The third-order valence-electron chi connectivity index (χ3n) is 8.82. The van der Waals surface area contributed by atoms with E-state index in [9.17, 15) is 22.4 Å². The van der Waals surface area contributed by atoms with Crippen LogP contribution < -0.4 is 9.62 Å². The minimum absolute atomic E-state index is 0.0141. The first kappa shape index (κ1) is 35.1. The zero-order chi connectivity index (χ0) is 34.3. The summed E-state index contributed by atoms with van der Waals surface area (Å²) >= 11 is 6.37. The summed E-state index contributed by atoms with van der Waals surface area (Å²) < 4.78 is 43.6. The van der Waals surface area contributed by atoms with Crippen molar-refractivity contribution in [3.63, 3.8) is 0 Å². The number of halogens is 2. The van der Waals surface area contributed by atoms with Crippen LogP contribution in [-0.2, 0) is 32.6 Å². The lowest BCUT2D eigenvalue weighted by atomic mass is 9.94. The molecule has 5 rings (SSSR count). The monoisotopic (exact) mass is 689 g/mol. The van der Waals surface area contributed by atoms with Crippen LogP contribution in [0.25, 0.3) is 0 Å². The second-order valence-corrected chi connectivity index (χ2v) is 14.8. The number of nitrogens with zero attached hydrogens (tertiary/aromatic N) is 2. The number of amides is 2. The van der Waals surface area contributed by atoms with Crippen molar-refractivity contribution in [3.8, 4) is 0 Å². The topological polar surface area (TPSA) is 86.8 Å². The predicted molar refractivity (Wildman–Crippen MR) is 188 cm³/mol. The fourth-order valence-corrected chi connectivity index (χ4v) is 7.72. The van der Waals surface area contributed by atoms with E-state index in [1.54, 1.807) is 43.3 Å². The van der Waals surface area contributed by atoms with Crippen LogP contribution in [0, 0.1) is 19.7 Å². The van der Waals surface area contributed by atoms with Gasteiger partial charge in [-0.05, 0) is 79.8 Å². The number of sulfonamides is 1. The molecule has 252 valence electrons. The Kier molecular flexibility index (Phi) is 11.5. The van der Waals surface area contributed by atoms with Crippen molar-refractivity contribution in [3.05, 3.63) is 130 Å². The van der Waals surface area contributed by atoms with Gasteiger partial charge in [0.1, 0.15) is 18.4 Å². The molecule has 0 aliphatic heterocycles. The molecule has 0 heterocycles. The van der Waals surface area contributed by atoms with E-state index in [2.05, 4.69) is 5.32 Å². The molecular formula is C38H41ClFN3O4S. The summed E-state index contributed by atoms with van der Waals surface area (Å²) in [5.41, 5.74) is 3.18. The summed E-state index contributed by atoms with van der Waals surface area (Å²) in [6, 6.07) is 25.4. The average molecular weight is 690 g/mol. The van der Waals surface area contributed by atoms with E-state index in [4.69, 9.17) is 11.6 Å². The maximum Gasteiger partial charge on any atom is 0.264 e. The Labute approximate surface area is 287 Å². The maximum absolute atomic E-state index is 14.7. The van der Waals surface area contributed by atoms with Gasteiger partial charge in [-0.1, -0.05) is 97.1 Å². The fourth-order valence-electron chi connectivity index (χ4n) is 6.09. The Morgan fingerprint density at radius 3 is 2.21 bits per heavy atom. The van der Waals surface area contributed by atoms with E-state index in [1.807, 2.05) is 37.3 Å². The van der Waals surface area contributed by atoms with Crippen molar-refractivity contribution in [1.82, 2.24) is 10.2 Å². The van der Waals surface area contributed by atoms with Crippen LogP contribution in [-0.4, -0.2) is 43.8 Å². The third kappa shape index (κ3) is 8.82. The van der Waals surface area contributed by atoms with Gasteiger partial charge in [0.15, 0.2) is 0 Å². The lowest BCUT2D eigenvalue weighted by molar-refractivity contribution is -0.140. The van der Waals surface area contributed by atoms with Crippen LogP contribution in [0.15, 0.2) is 102 Å². The lowest BCUT2D eigenvalue weighted by Crippen LogP contribution is -2.55. The second-order valence-electron chi connectivity index (χ2n) is 12.5. The van der Waals surface area contributed by atoms with Crippen LogP contribution in [0.4, 0.5) is 10.1 Å². The van der Waals surface area contributed by atoms with Gasteiger partial charge in [-0.25, -0.2) is 12.8 Å². The molecule has 0 radical (unpaired) electrons. The van der Waals surface area contributed by atoms with Crippen molar-refractivity contribution >= 4 is 39.1 Å². The average Bonchev–Trinajstić information content (AvgIpc) is 3.08. The molecule has 1 saturated carbocycles. The number of hydrogen-bond donors (Lipinski definition) is 1. The molecule has 0 unspecified atom stereocenters. The summed E-state index contributed by atoms with van der Waals surface area (Å²) in [6.45, 7) is 2.97. The van der Waals surface area contributed by atoms with Gasteiger partial charge >= 0.3 is 0 Å². The number of aryl methyl sites for hydroxylation is 2. The predicted octanol–water partition coefficient (Wildman–Crippen LogP) is 7.38. The number of anilines is 1. The molecule has 10 heteroatoms. The SMILES string of the molecule is Cc1ccc(S(=O)(=O)N(CC(=O)N(Cc2ccc(F)cc2)[C@H](Cc2ccccc2)C(=O)NC2CCCCC2)c2cc(Cl)ccc2C)cc1. The Hall–Kier alpha value is -4.21. The molecule has 1 aliphatic rings. The van der Waals surface area contributed by atoms with Crippen LogP contribution >= 0.6 is 11.6 Å². The van der Waals surface area contributed by atoms with Crippen LogP contribution in [0.1, 0.15) is 54.4 Å². The van der Waals surface area contributed by atoms with Crippen LogP contribution in [0.2, 0.25) is 5.02 Å². The Morgan fingerprint density at radius 1 is 0.875 bits per heavy atom. The highest BCUT2D eigenvalue weighted by Crippen LogP contribution is 2.30. The van der Waals surface area contributed by atoms with E-state index in [1.165, 1.54) is 35.2 Å². The molecule has 1 aliphatic carbocycles. The van der Waals surface area contributed by atoms with Crippen LogP contribution in [0.5, 0.6) is 0 Å². The van der Waals surface area contributed by atoms with E-state index in [0.717, 1.165) is 47.5 Å². The first-order valence-electron chi connectivity index (χ1n) is 16.2. The number of carbonyl (C=O) groups excluding carboxylic acids is 2. The van der Waals surface area contributed by atoms with Gasteiger partial charge in [-0.2, -0.15) is 0 Å². The first-order chi connectivity index (χ1) is 23.0. The smallest absolute Gasteiger partial charge is 0.264 e. The second kappa shape index (κ2) is 15.8. The van der Waals surface area contributed by atoms with Crippen LogP contribution in [0.3, 0.4) is 0 Å². The molecule has 1 atom stereocenters. The lowest BCUT2D eigenvalue weighted by Gasteiger charge is -2.35. The Morgan fingerprint density at radius 2 is 1.54 bits per heavy atom. The number of hydrogen-bond acceptors (Lipinski definition) is 4. The number of nitrogens with one attached hydrogen (secondary N) is 1. The van der Waals surface area contributed by atoms with Crippen molar-refractivity contribution in [2.75, 3.05) is 10.8 Å². The zero-order valence-electron chi connectivity index (χ0n) is 27.2. The van der Waals surface area contributed by atoms with Crippen molar-refractivity contribution in [2.45, 2.75) is 75.9 Å². The molecule has 1 fully saturated rings. The highest BCUT2D eigenvalue weighted by atomic mass is 35.5. The molecule has 0 aromatic heterocycles. The number of rotatable bonds is 12.